The van der Waals surface area contributed by atoms with Gasteiger partial charge in [0.15, 0.2) is 12.2 Å². The van der Waals surface area contributed by atoms with E-state index in [1.54, 1.807) is 0 Å². The Morgan fingerprint density at radius 1 is 0.337 bits per heavy atom. The number of carbonyl (C=O) groups is 4. The Kier molecular flexibility index (Phi) is 53.0. The molecule has 0 aliphatic carbocycles. The molecule has 19 heteroatoms. The van der Waals surface area contributed by atoms with Crippen molar-refractivity contribution < 1.29 is 80.2 Å². The quantitative estimate of drug-likeness (QED) is 0.0222. The predicted octanol–water partition coefficient (Wildman–Crippen LogP) is 17.4. The van der Waals surface area contributed by atoms with Crippen LogP contribution in [0.1, 0.15) is 306 Å². The summed E-state index contributed by atoms with van der Waals surface area (Å²) in [5.41, 5.74) is 0. The van der Waals surface area contributed by atoms with Gasteiger partial charge >= 0.3 is 39.5 Å². The number of esters is 4. The van der Waals surface area contributed by atoms with E-state index in [0.717, 1.165) is 108 Å². The van der Waals surface area contributed by atoms with Crippen LogP contribution in [0, 0.1) is 23.7 Å². The molecule has 0 saturated heterocycles. The maximum absolute atomic E-state index is 13.0. The minimum absolute atomic E-state index is 0.101. The van der Waals surface area contributed by atoms with Crippen LogP contribution in [0.4, 0.5) is 0 Å². The van der Waals surface area contributed by atoms with Crippen molar-refractivity contribution in [1.82, 2.24) is 0 Å². The van der Waals surface area contributed by atoms with Gasteiger partial charge in [-0.3, -0.25) is 37.3 Å². The van der Waals surface area contributed by atoms with E-state index in [1.165, 1.54) is 109 Å². The van der Waals surface area contributed by atoms with Crippen LogP contribution in [0.2, 0.25) is 0 Å². The Morgan fingerprint density at radius 2 is 0.578 bits per heavy atom. The van der Waals surface area contributed by atoms with Crippen LogP contribution in [0.15, 0.2) is 0 Å². The maximum atomic E-state index is 13.0. The molecular formula is C64H124O17P2. The van der Waals surface area contributed by atoms with Crippen molar-refractivity contribution in [1.29, 1.82) is 0 Å². The first-order valence-corrected chi connectivity index (χ1v) is 36.2. The van der Waals surface area contributed by atoms with E-state index in [4.69, 9.17) is 37.0 Å². The van der Waals surface area contributed by atoms with Gasteiger partial charge in [0.2, 0.25) is 0 Å². The zero-order chi connectivity index (χ0) is 61.8. The number of ether oxygens (including phenoxy) is 4. The number of aliphatic hydroxyl groups is 1. The van der Waals surface area contributed by atoms with Gasteiger partial charge in [-0.2, -0.15) is 0 Å². The topological polar surface area (TPSA) is 237 Å². The Balaban J connectivity index is 5.25. The van der Waals surface area contributed by atoms with E-state index in [0.29, 0.717) is 31.6 Å². The molecule has 0 aromatic rings. The zero-order valence-corrected chi connectivity index (χ0v) is 55.6. The Hall–Kier alpha value is -1.94. The average molecular weight is 1230 g/mol. The van der Waals surface area contributed by atoms with Crippen LogP contribution < -0.4 is 0 Å². The molecule has 0 bridgehead atoms. The van der Waals surface area contributed by atoms with E-state index < -0.39 is 97.5 Å². The Bertz CT molecular complexity index is 1660. The maximum Gasteiger partial charge on any atom is 0.472 e. The highest BCUT2D eigenvalue weighted by atomic mass is 31.2. The lowest BCUT2D eigenvalue weighted by Crippen LogP contribution is -2.30. The van der Waals surface area contributed by atoms with Crippen LogP contribution in [0.3, 0.4) is 0 Å². The first-order chi connectivity index (χ1) is 39.6. The molecule has 4 unspecified atom stereocenters. The fourth-order valence-electron chi connectivity index (χ4n) is 9.40. The van der Waals surface area contributed by atoms with Gasteiger partial charge in [-0.25, -0.2) is 9.13 Å². The van der Waals surface area contributed by atoms with Crippen LogP contribution in [0.25, 0.3) is 0 Å². The second-order valence-electron chi connectivity index (χ2n) is 24.8. The third kappa shape index (κ3) is 57.6. The van der Waals surface area contributed by atoms with Gasteiger partial charge in [0, 0.05) is 25.7 Å². The van der Waals surface area contributed by atoms with Crippen molar-refractivity contribution in [3.63, 3.8) is 0 Å². The molecule has 0 radical (unpaired) electrons. The van der Waals surface area contributed by atoms with Gasteiger partial charge < -0.3 is 33.8 Å². The summed E-state index contributed by atoms with van der Waals surface area (Å²) in [5, 5.41) is 10.5. The monoisotopic (exact) mass is 1230 g/mol. The summed E-state index contributed by atoms with van der Waals surface area (Å²) in [7, 11) is -9.89. The number of unbranched alkanes of at least 4 members (excludes halogenated alkanes) is 26. The van der Waals surface area contributed by atoms with Crippen LogP contribution in [-0.4, -0.2) is 96.7 Å². The number of phosphoric acid groups is 2. The molecule has 3 N–H and O–H groups in total. The van der Waals surface area contributed by atoms with Gasteiger partial charge in [-0.15, -0.1) is 0 Å². The normalized spacial score (nSPS) is 14.8. The summed E-state index contributed by atoms with van der Waals surface area (Å²) in [4.78, 5) is 72.2. The van der Waals surface area contributed by atoms with Crippen LogP contribution in [0.5, 0.6) is 0 Å². The summed E-state index contributed by atoms with van der Waals surface area (Å²) < 4.78 is 68.0. The van der Waals surface area contributed by atoms with E-state index in [-0.39, 0.29) is 25.7 Å². The van der Waals surface area contributed by atoms with Gasteiger partial charge in [-0.05, 0) is 49.4 Å². The number of hydrogen-bond donors (Lipinski definition) is 3. The first kappa shape index (κ1) is 81.1. The average Bonchev–Trinajstić information content (AvgIpc) is 3.45. The SMILES string of the molecule is CCC(C)CCCCCCCCCCC(=O)O[C@H](COC(=O)CCCCCCCCCCC(C)C)COP(=O)(O)OCC(O)COP(=O)(O)OC[C@@H](COC(=O)CCCCCCCCCCC(C)C)OC(=O)CCCCCCCCC(C)C. The highest BCUT2D eigenvalue weighted by molar-refractivity contribution is 7.47. The fourth-order valence-corrected chi connectivity index (χ4v) is 11.0. The molecule has 0 fully saturated rings. The van der Waals surface area contributed by atoms with Gasteiger partial charge in [-0.1, -0.05) is 254 Å². The molecule has 0 heterocycles. The minimum Gasteiger partial charge on any atom is -0.462 e. The lowest BCUT2D eigenvalue weighted by Gasteiger charge is -2.21. The van der Waals surface area contributed by atoms with E-state index in [9.17, 15) is 43.2 Å². The van der Waals surface area contributed by atoms with Crippen molar-refractivity contribution >= 4 is 39.5 Å². The Labute approximate surface area is 505 Å². The molecule has 83 heavy (non-hydrogen) atoms. The van der Waals surface area contributed by atoms with Gasteiger partial charge in [0.05, 0.1) is 26.4 Å². The highest BCUT2D eigenvalue weighted by Crippen LogP contribution is 2.45. The molecule has 0 aromatic heterocycles. The van der Waals surface area contributed by atoms with Crippen molar-refractivity contribution in [3.8, 4) is 0 Å². The summed E-state index contributed by atoms with van der Waals surface area (Å²) >= 11 is 0. The second-order valence-corrected chi connectivity index (χ2v) is 27.7. The minimum atomic E-state index is -4.95. The Morgan fingerprint density at radius 3 is 0.855 bits per heavy atom. The van der Waals surface area contributed by atoms with Gasteiger partial charge in [0.25, 0.3) is 0 Å². The lowest BCUT2D eigenvalue weighted by atomic mass is 9.99. The largest absolute Gasteiger partial charge is 0.472 e. The van der Waals surface area contributed by atoms with Crippen LogP contribution >= 0.6 is 15.6 Å². The van der Waals surface area contributed by atoms with E-state index in [2.05, 4.69) is 55.4 Å². The van der Waals surface area contributed by atoms with Crippen molar-refractivity contribution in [3.05, 3.63) is 0 Å². The third-order valence-electron chi connectivity index (χ3n) is 14.9. The van der Waals surface area contributed by atoms with Crippen molar-refractivity contribution in [2.24, 2.45) is 23.7 Å². The van der Waals surface area contributed by atoms with E-state index >= 15 is 0 Å². The molecule has 0 aliphatic rings. The number of carbonyl (C=O) groups excluding carboxylic acids is 4. The molecule has 0 rings (SSSR count). The number of rotatable bonds is 61. The molecular weight excluding hydrogens is 1100 g/mol. The standard InChI is InChI=1S/C64H124O17P2/c1-9-57(8)43-35-27-18-12-15-21-30-38-46-63(68)80-59(50-74-61(66)44-36-28-19-13-10-16-24-32-40-54(2)3)52-78-82(70,71)76-48-58(65)49-77-83(72,73)79-53-60(81-64(69)47-39-31-23-22-26-34-42-56(6)7)51-75-62(67)45-37-29-20-14-11-17-25-33-41-55(4)5/h54-60,65H,9-53H2,1-8H3,(H,70,71)(H,72,73)/t57?,58?,59-,60-/m1/s1. The number of aliphatic hydroxyl groups excluding tert-OH is 1. The summed E-state index contributed by atoms with van der Waals surface area (Å²) in [6.45, 7) is 13.9. The molecule has 17 nitrogen and oxygen atoms in total. The van der Waals surface area contributed by atoms with E-state index in [1.807, 2.05) is 0 Å². The predicted molar refractivity (Wildman–Crippen MR) is 331 cm³/mol. The molecule has 0 aliphatic heterocycles. The van der Waals surface area contributed by atoms with Crippen molar-refractivity contribution in [2.75, 3.05) is 39.6 Å². The second kappa shape index (κ2) is 54.2. The highest BCUT2D eigenvalue weighted by Gasteiger charge is 2.30. The van der Waals surface area contributed by atoms with Gasteiger partial charge in [0.1, 0.15) is 19.3 Å². The molecule has 0 spiro atoms. The summed E-state index contributed by atoms with van der Waals surface area (Å²) in [6.07, 6.45) is 33.6. The summed E-state index contributed by atoms with van der Waals surface area (Å²) in [6, 6.07) is 0. The molecule has 0 aromatic carbocycles. The van der Waals surface area contributed by atoms with Crippen molar-refractivity contribution in [2.45, 2.75) is 324 Å². The molecule has 0 saturated carbocycles. The fraction of sp³-hybridized carbons (Fsp3) is 0.938. The summed E-state index contributed by atoms with van der Waals surface area (Å²) in [5.74, 6) is 0.748. The number of hydrogen-bond acceptors (Lipinski definition) is 15. The first-order valence-electron chi connectivity index (χ1n) is 33.2. The third-order valence-corrected chi connectivity index (χ3v) is 16.8. The lowest BCUT2D eigenvalue weighted by molar-refractivity contribution is -0.161. The van der Waals surface area contributed by atoms with Crippen LogP contribution in [-0.2, 0) is 65.4 Å². The smallest absolute Gasteiger partial charge is 0.462 e. The molecule has 0 amide bonds. The number of phosphoric ester groups is 2. The zero-order valence-electron chi connectivity index (χ0n) is 53.8. The molecule has 492 valence electrons. The molecule has 6 atom stereocenters.